The van der Waals surface area contributed by atoms with E-state index < -0.39 is 0 Å². The van der Waals surface area contributed by atoms with Crippen LogP contribution in [0.25, 0.3) is 0 Å². The van der Waals surface area contributed by atoms with E-state index in [-0.39, 0.29) is 12.0 Å². The SMILES string of the molecule is COC(=O)C(C)Nc1ccc(CN2CCCC2)cc1. The lowest BCUT2D eigenvalue weighted by Crippen LogP contribution is -2.27. The minimum Gasteiger partial charge on any atom is -0.467 e. The van der Waals surface area contributed by atoms with Crippen molar-refractivity contribution in [2.45, 2.75) is 32.4 Å². The van der Waals surface area contributed by atoms with E-state index in [1.54, 1.807) is 6.92 Å². The molecule has 1 unspecified atom stereocenters. The number of likely N-dealkylation sites (tertiary alicyclic amines) is 1. The molecule has 4 nitrogen and oxygen atoms in total. The quantitative estimate of drug-likeness (QED) is 0.826. The number of hydrogen-bond donors (Lipinski definition) is 1. The Morgan fingerprint density at radius 3 is 2.53 bits per heavy atom. The first-order chi connectivity index (χ1) is 9.19. The van der Waals surface area contributed by atoms with Gasteiger partial charge in [-0.15, -0.1) is 0 Å². The second kappa shape index (κ2) is 6.57. The Balaban J connectivity index is 1.88. The Labute approximate surface area is 114 Å². The van der Waals surface area contributed by atoms with Gasteiger partial charge in [-0.05, 0) is 50.6 Å². The smallest absolute Gasteiger partial charge is 0.327 e. The van der Waals surface area contributed by atoms with Crippen molar-refractivity contribution in [2.24, 2.45) is 0 Å². The second-order valence-corrected chi connectivity index (χ2v) is 5.07. The largest absolute Gasteiger partial charge is 0.467 e. The molecular formula is C15H22N2O2. The molecule has 1 saturated heterocycles. The lowest BCUT2D eigenvalue weighted by atomic mass is 10.2. The van der Waals surface area contributed by atoms with Crippen molar-refractivity contribution < 1.29 is 9.53 Å². The van der Waals surface area contributed by atoms with Crippen LogP contribution in [-0.2, 0) is 16.1 Å². The molecule has 0 bridgehead atoms. The molecule has 0 spiro atoms. The first-order valence-electron chi connectivity index (χ1n) is 6.84. The van der Waals surface area contributed by atoms with Gasteiger partial charge in [0.15, 0.2) is 0 Å². The average Bonchev–Trinajstić information content (AvgIpc) is 2.93. The van der Waals surface area contributed by atoms with Crippen molar-refractivity contribution in [1.29, 1.82) is 0 Å². The van der Waals surface area contributed by atoms with Crippen LogP contribution in [0.4, 0.5) is 5.69 Å². The number of nitrogens with zero attached hydrogens (tertiary/aromatic N) is 1. The van der Waals surface area contributed by atoms with E-state index in [4.69, 9.17) is 0 Å². The number of methoxy groups -OCH3 is 1. The zero-order valence-electron chi connectivity index (χ0n) is 11.7. The summed E-state index contributed by atoms with van der Waals surface area (Å²) in [5, 5.41) is 3.13. The van der Waals surface area contributed by atoms with Crippen LogP contribution < -0.4 is 5.32 Å². The van der Waals surface area contributed by atoms with Crippen molar-refractivity contribution >= 4 is 11.7 Å². The Bertz CT molecular complexity index is 411. The summed E-state index contributed by atoms with van der Waals surface area (Å²) in [6, 6.07) is 7.94. The number of anilines is 1. The summed E-state index contributed by atoms with van der Waals surface area (Å²) in [5.41, 5.74) is 2.27. The summed E-state index contributed by atoms with van der Waals surface area (Å²) >= 11 is 0. The Morgan fingerprint density at radius 1 is 1.32 bits per heavy atom. The lowest BCUT2D eigenvalue weighted by molar-refractivity contribution is -0.141. The molecule has 1 N–H and O–H groups in total. The number of benzene rings is 1. The molecule has 0 aliphatic carbocycles. The van der Waals surface area contributed by atoms with Gasteiger partial charge in [0.1, 0.15) is 6.04 Å². The van der Waals surface area contributed by atoms with Gasteiger partial charge in [-0.2, -0.15) is 0 Å². The highest BCUT2D eigenvalue weighted by molar-refractivity contribution is 5.78. The van der Waals surface area contributed by atoms with Gasteiger partial charge in [-0.3, -0.25) is 4.90 Å². The van der Waals surface area contributed by atoms with Crippen molar-refractivity contribution in [3.63, 3.8) is 0 Å². The topological polar surface area (TPSA) is 41.6 Å². The summed E-state index contributed by atoms with van der Waals surface area (Å²) < 4.78 is 4.69. The van der Waals surface area contributed by atoms with E-state index in [9.17, 15) is 4.79 Å². The third kappa shape index (κ3) is 3.96. The van der Waals surface area contributed by atoms with Crippen molar-refractivity contribution in [1.82, 2.24) is 4.90 Å². The van der Waals surface area contributed by atoms with Crippen LogP contribution in [-0.4, -0.2) is 37.1 Å². The molecule has 1 aromatic rings. The van der Waals surface area contributed by atoms with Gasteiger partial charge in [0.25, 0.3) is 0 Å². The highest BCUT2D eigenvalue weighted by Gasteiger charge is 2.13. The summed E-state index contributed by atoms with van der Waals surface area (Å²) in [7, 11) is 1.40. The highest BCUT2D eigenvalue weighted by atomic mass is 16.5. The molecule has 2 rings (SSSR count). The summed E-state index contributed by atoms with van der Waals surface area (Å²) in [6.45, 7) is 5.23. The molecule has 1 fully saturated rings. The predicted molar refractivity (Wildman–Crippen MR) is 76.1 cm³/mol. The van der Waals surface area contributed by atoms with Crippen LogP contribution in [0, 0.1) is 0 Å². The van der Waals surface area contributed by atoms with E-state index in [1.165, 1.54) is 38.6 Å². The van der Waals surface area contributed by atoms with E-state index in [2.05, 4.69) is 27.1 Å². The van der Waals surface area contributed by atoms with Crippen LogP contribution in [0.3, 0.4) is 0 Å². The maximum atomic E-state index is 11.3. The van der Waals surface area contributed by atoms with Gasteiger partial charge < -0.3 is 10.1 Å². The van der Waals surface area contributed by atoms with Crippen molar-refractivity contribution in [3.8, 4) is 0 Å². The first-order valence-corrected chi connectivity index (χ1v) is 6.84. The number of esters is 1. The molecule has 0 saturated carbocycles. The number of carbonyl (C=O) groups excluding carboxylic acids is 1. The van der Waals surface area contributed by atoms with E-state index in [0.29, 0.717) is 0 Å². The van der Waals surface area contributed by atoms with Crippen LogP contribution in [0.1, 0.15) is 25.3 Å². The number of nitrogens with one attached hydrogen (secondary N) is 1. The summed E-state index contributed by atoms with van der Waals surface area (Å²) in [5.74, 6) is -0.249. The molecular weight excluding hydrogens is 240 g/mol. The van der Waals surface area contributed by atoms with Crippen LogP contribution in [0.2, 0.25) is 0 Å². The molecule has 0 radical (unpaired) electrons. The Hall–Kier alpha value is -1.55. The van der Waals surface area contributed by atoms with Gasteiger partial charge in [0, 0.05) is 12.2 Å². The molecule has 1 aliphatic heterocycles. The van der Waals surface area contributed by atoms with E-state index in [1.807, 2.05) is 12.1 Å². The molecule has 1 aromatic carbocycles. The first kappa shape index (κ1) is 13.9. The number of carbonyl (C=O) groups is 1. The maximum Gasteiger partial charge on any atom is 0.327 e. The molecule has 1 aliphatic rings. The number of rotatable bonds is 5. The Morgan fingerprint density at radius 2 is 1.95 bits per heavy atom. The monoisotopic (exact) mass is 262 g/mol. The van der Waals surface area contributed by atoms with Gasteiger partial charge in [0.2, 0.25) is 0 Å². The maximum absolute atomic E-state index is 11.3. The van der Waals surface area contributed by atoms with E-state index in [0.717, 1.165) is 12.2 Å². The fourth-order valence-corrected chi connectivity index (χ4v) is 2.39. The van der Waals surface area contributed by atoms with Gasteiger partial charge in [-0.25, -0.2) is 4.79 Å². The standard InChI is InChI=1S/C15H22N2O2/c1-12(15(18)19-2)16-14-7-5-13(6-8-14)11-17-9-3-4-10-17/h5-8,12,16H,3-4,9-11H2,1-2H3. The van der Waals surface area contributed by atoms with Gasteiger partial charge in [0.05, 0.1) is 7.11 Å². The summed E-state index contributed by atoms with van der Waals surface area (Å²) in [6.07, 6.45) is 2.63. The third-order valence-corrected chi connectivity index (χ3v) is 3.50. The van der Waals surface area contributed by atoms with E-state index >= 15 is 0 Å². The minimum atomic E-state index is -0.325. The zero-order chi connectivity index (χ0) is 13.7. The fraction of sp³-hybridized carbons (Fsp3) is 0.533. The Kier molecular flexibility index (Phi) is 4.80. The second-order valence-electron chi connectivity index (χ2n) is 5.07. The summed E-state index contributed by atoms with van der Waals surface area (Å²) in [4.78, 5) is 13.8. The lowest BCUT2D eigenvalue weighted by Gasteiger charge is -2.16. The van der Waals surface area contributed by atoms with Crippen LogP contribution >= 0.6 is 0 Å². The minimum absolute atomic E-state index is 0.249. The predicted octanol–water partition coefficient (Wildman–Crippen LogP) is 2.26. The molecule has 19 heavy (non-hydrogen) atoms. The highest BCUT2D eigenvalue weighted by Crippen LogP contribution is 2.15. The normalized spacial score (nSPS) is 17.2. The molecule has 104 valence electrons. The van der Waals surface area contributed by atoms with Crippen molar-refractivity contribution in [3.05, 3.63) is 29.8 Å². The molecule has 0 amide bonds. The van der Waals surface area contributed by atoms with Crippen molar-refractivity contribution in [2.75, 3.05) is 25.5 Å². The number of hydrogen-bond acceptors (Lipinski definition) is 4. The fourth-order valence-electron chi connectivity index (χ4n) is 2.39. The van der Waals surface area contributed by atoms with Crippen LogP contribution in [0.5, 0.6) is 0 Å². The van der Waals surface area contributed by atoms with Gasteiger partial charge in [-0.1, -0.05) is 12.1 Å². The average molecular weight is 262 g/mol. The molecule has 0 aromatic heterocycles. The number of ether oxygens (including phenoxy) is 1. The third-order valence-electron chi connectivity index (χ3n) is 3.50. The van der Waals surface area contributed by atoms with Gasteiger partial charge >= 0.3 is 5.97 Å². The van der Waals surface area contributed by atoms with Crippen LogP contribution in [0.15, 0.2) is 24.3 Å². The zero-order valence-corrected chi connectivity index (χ0v) is 11.7. The molecule has 4 heteroatoms. The molecule has 1 atom stereocenters. The molecule has 1 heterocycles.